The number of carbonyl (C=O) groups excluding carboxylic acids is 1. The summed E-state index contributed by atoms with van der Waals surface area (Å²) in [6.07, 6.45) is 9.41. The summed E-state index contributed by atoms with van der Waals surface area (Å²) in [7, 11) is 1.29. The fourth-order valence-corrected chi connectivity index (χ4v) is 2.36. The maximum atomic E-state index is 11.1. The summed E-state index contributed by atoms with van der Waals surface area (Å²) in [6.45, 7) is 4.47. The molecule has 0 unspecified atom stereocenters. The van der Waals surface area contributed by atoms with Crippen LogP contribution >= 0.6 is 0 Å². The second-order valence-electron chi connectivity index (χ2n) is 6.63. The van der Waals surface area contributed by atoms with Crippen LogP contribution in [0.1, 0.15) is 44.0 Å². The predicted octanol–water partition coefficient (Wildman–Crippen LogP) is -3.66. The van der Waals surface area contributed by atoms with Gasteiger partial charge in [0.15, 0.2) is 0 Å². The molecule has 0 aliphatic rings. The molecule has 0 aromatic carbocycles. The molecule has 0 bridgehead atoms. The molecule has 0 saturated heterocycles. The van der Waals surface area contributed by atoms with Crippen LogP contribution in [0.25, 0.3) is 0 Å². The van der Waals surface area contributed by atoms with Crippen molar-refractivity contribution in [1.82, 2.24) is 49.5 Å². The fraction of sp³-hybridized carbons (Fsp3) is 0.263. The van der Waals surface area contributed by atoms with Gasteiger partial charge in [-0.25, -0.2) is 28.9 Å². The average molecular weight is 494 g/mol. The van der Waals surface area contributed by atoms with E-state index in [1.54, 1.807) is 24.8 Å². The number of carbonyl (C=O) groups is 2. The molecule has 186 valence electrons. The van der Waals surface area contributed by atoms with Gasteiger partial charge < -0.3 is 20.8 Å². The quantitative estimate of drug-likeness (QED) is 0.201. The summed E-state index contributed by atoms with van der Waals surface area (Å²) < 4.78 is 7.42. The first-order valence-electron chi connectivity index (χ1n) is 9.49. The number of carboxylic acids is 1. The number of carboxylic acid groups (broad SMARTS) is 1. The van der Waals surface area contributed by atoms with Crippen molar-refractivity contribution >= 4 is 11.9 Å². The fourth-order valence-electron chi connectivity index (χ4n) is 2.36. The van der Waals surface area contributed by atoms with Crippen LogP contribution in [0.5, 0.6) is 0 Å². The summed E-state index contributed by atoms with van der Waals surface area (Å²) in [6, 6.07) is 0. The van der Waals surface area contributed by atoms with Crippen LogP contribution in [-0.2, 0) is 17.8 Å². The number of hydrogen-bond donors (Lipinski definition) is 1. The Labute approximate surface area is 216 Å². The van der Waals surface area contributed by atoms with E-state index >= 15 is 0 Å². The number of esters is 1. The standard InChI is InChI=1S/C10H11N5O2.C9H9N5O2.Li.2H2O/c1-7-3-12-8(4-11-7)5-15-6-13-9(14-15)10(16)17-2;1-6-2-11-7(3-10-6)4-14-5-12-8(13-14)9(15)16;;;/h3-4,6H,5H2,1-2H3;2-3,5H,4H2,1H3,(H,15,16);;2*1H2/q;;+1;;/p-1. The van der Waals surface area contributed by atoms with Crippen molar-refractivity contribution in [2.24, 2.45) is 0 Å². The minimum absolute atomic E-state index is 0. The summed E-state index contributed by atoms with van der Waals surface area (Å²) in [5.74, 6) is -1.89. The zero-order valence-corrected chi connectivity index (χ0v) is 20.0. The van der Waals surface area contributed by atoms with Crippen LogP contribution in [0, 0.1) is 13.8 Å². The molecule has 0 atom stereocenters. The van der Waals surface area contributed by atoms with Gasteiger partial charge >= 0.3 is 30.8 Å². The molecule has 4 heterocycles. The molecular weight excluding hydrogens is 471 g/mol. The van der Waals surface area contributed by atoms with Crippen molar-refractivity contribution < 1.29 is 49.2 Å². The van der Waals surface area contributed by atoms with Crippen molar-refractivity contribution in [2.45, 2.75) is 26.9 Å². The molecule has 0 aliphatic carbocycles. The molecule has 0 aliphatic heterocycles. The molecule has 4 N–H and O–H groups in total. The zero-order chi connectivity index (χ0) is 23.8. The third-order valence-corrected chi connectivity index (χ3v) is 3.95. The van der Waals surface area contributed by atoms with E-state index in [1.165, 1.54) is 29.1 Å². The molecule has 4 rings (SSSR count). The van der Waals surface area contributed by atoms with Crippen LogP contribution < -0.4 is 18.9 Å². The number of hydrogen-bond acceptors (Lipinski definition) is 12. The molecular formula is C19H23LiN10O6. The number of ether oxygens (including phenoxy) is 1. The second-order valence-corrected chi connectivity index (χ2v) is 6.63. The van der Waals surface area contributed by atoms with E-state index in [1.807, 2.05) is 13.8 Å². The van der Waals surface area contributed by atoms with E-state index < -0.39 is 11.9 Å². The van der Waals surface area contributed by atoms with E-state index in [4.69, 9.17) is 5.11 Å². The van der Waals surface area contributed by atoms with Gasteiger partial charge in [-0.3, -0.25) is 19.9 Å². The minimum atomic E-state index is -1.14. The van der Waals surface area contributed by atoms with Crippen molar-refractivity contribution in [2.75, 3.05) is 7.11 Å². The Balaban J connectivity index is 0.000000629. The van der Waals surface area contributed by atoms with Gasteiger partial charge in [-0.2, -0.15) is 0 Å². The Kier molecular flexibility index (Phi) is 13.3. The maximum Gasteiger partial charge on any atom is 1.00 e. The van der Waals surface area contributed by atoms with Gasteiger partial charge in [-0.1, -0.05) is 0 Å². The largest absolute Gasteiger partial charge is 1.00 e. The average Bonchev–Trinajstić information content (AvgIpc) is 3.47. The maximum absolute atomic E-state index is 11.1. The number of methoxy groups -OCH3 is 1. The van der Waals surface area contributed by atoms with Gasteiger partial charge in [0.2, 0.25) is 0 Å². The molecule has 0 fully saturated rings. The Morgan fingerprint density at radius 2 is 1.25 bits per heavy atom. The molecule has 0 radical (unpaired) electrons. The van der Waals surface area contributed by atoms with Crippen molar-refractivity contribution in [1.29, 1.82) is 0 Å². The Bertz CT molecular complexity index is 1230. The monoisotopic (exact) mass is 494 g/mol. The van der Waals surface area contributed by atoms with Crippen LogP contribution in [-0.4, -0.2) is 84.6 Å². The molecule has 0 spiro atoms. The molecule has 36 heavy (non-hydrogen) atoms. The number of nitrogens with zero attached hydrogens (tertiary/aromatic N) is 10. The van der Waals surface area contributed by atoms with Gasteiger partial charge in [0.1, 0.15) is 12.7 Å². The van der Waals surface area contributed by atoms with Crippen molar-refractivity contribution in [3.05, 3.63) is 71.9 Å². The van der Waals surface area contributed by atoms with Crippen molar-refractivity contribution in [3.63, 3.8) is 0 Å². The van der Waals surface area contributed by atoms with E-state index in [0.717, 1.165) is 17.1 Å². The predicted molar refractivity (Wildman–Crippen MR) is 116 cm³/mol. The first kappa shape index (κ1) is 31.9. The van der Waals surface area contributed by atoms with Crippen LogP contribution in [0.4, 0.5) is 0 Å². The van der Waals surface area contributed by atoms with Gasteiger partial charge in [0.05, 0.1) is 55.4 Å². The van der Waals surface area contributed by atoms with E-state index in [2.05, 4.69) is 44.8 Å². The van der Waals surface area contributed by atoms with Gasteiger partial charge in [-0.15, -0.1) is 10.2 Å². The number of aromatic nitrogens is 10. The van der Waals surface area contributed by atoms with Crippen LogP contribution in [0.2, 0.25) is 0 Å². The Hall–Kier alpha value is -4.10. The van der Waals surface area contributed by atoms with E-state index in [-0.39, 0.29) is 41.5 Å². The summed E-state index contributed by atoms with van der Waals surface area (Å²) in [5, 5.41) is 16.4. The smallest absolute Gasteiger partial charge is 0.870 e. The van der Waals surface area contributed by atoms with E-state index in [0.29, 0.717) is 18.8 Å². The number of aryl methyl sites for hydroxylation is 2. The Morgan fingerprint density at radius 3 is 1.61 bits per heavy atom. The van der Waals surface area contributed by atoms with Gasteiger partial charge in [-0.05, 0) is 13.8 Å². The first-order valence-corrected chi connectivity index (χ1v) is 9.49. The molecule has 0 saturated carbocycles. The zero-order valence-electron chi connectivity index (χ0n) is 20.0. The Morgan fingerprint density at radius 1 is 0.806 bits per heavy atom. The summed E-state index contributed by atoms with van der Waals surface area (Å²) >= 11 is 0. The SMILES string of the molecule is COC(=O)c1ncn(Cc2cnc(C)cn2)n1.Cc1cnc(Cn2cnc(C(=O)O)n2)cn1.O.[Li+].[OH-]. The molecule has 4 aromatic heterocycles. The molecule has 16 nitrogen and oxygen atoms in total. The molecule has 4 aromatic rings. The minimum Gasteiger partial charge on any atom is -0.870 e. The molecule has 0 amide bonds. The normalized spacial score (nSPS) is 9.42. The third kappa shape index (κ3) is 9.27. The summed E-state index contributed by atoms with van der Waals surface area (Å²) in [5.41, 5.74) is 3.13. The topological polar surface area (TPSA) is 238 Å². The van der Waals surface area contributed by atoms with Crippen molar-refractivity contribution in [3.8, 4) is 0 Å². The van der Waals surface area contributed by atoms with Crippen LogP contribution in [0.15, 0.2) is 37.4 Å². The summed E-state index contributed by atoms with van der Waals surface area (Å²) in [4.78, 5) is 45.6. The van der Waals surface area contributed by atoms with Crippen LogP contribution in [0.3, 0.4) is 0 Å². The van der Waals surface area contributed by atoms with Gasteiger partial charge in [0, 0.05) is 12.4 Å². The molecule has 17 heteroatoms. The van der Waals surface area contributed by atoms with E-state index in [9.17, 15) is 9.59 Å². The number of rotatable bonds is 6. The third-order valence-electron chi connectivity index (χ3n) is 3.95. The number of aromatic carboxylic acids is 1. The second kappa shape index (κ2) is 15.0. The first-order chi connectivity index (χ1) is 15.8. The van der Waals surface area contributed by atoms with Gasteiger partial charge in [0.25, 0.3) is 11.6 Å².